The average molecular weight is 455 g/mol. The van der Waals surface area contributed by atoms with Crippen molar-refractivity contribution in [2.75, 3.05) is 7.11 Å². The maximum absolute atomic E-state index is 13.7. The van der Waals surface area contributed by atoms with E-state index < -0.39 is 12.0 Å². The summed E-state index contributed by atoms with van der Waals surface area (Å²) in [5.41, 5.74) is 2.70. The average Bonchev–Trinajstić information content (AvgIpc) is 3.17. The van der Waals surface area contributed by atoms with Crippen molar-refractivity contribution in [2.45, 2.75) is 19.4 Å². The Hall–Kier alpha value is -3.77. The van der Waals surface area contributed by atoms with Gasteiger partial charge in [-0.2, -0.15) is 0 Å². The molecule has 1 aliphatic rings. The molecule has 0 bridgehead atoms. The van der Waals surface area contributed by atoms with Crippen molar-refractivity contribution in [2.24, 2.45) is 4.99 Å². The highest BCUT2D eigenvalue weighted by Gasteiger charge is 2.33. The van der Waals surface area contributed by atoms with Gasteiger partial charge in [0, 0.05) is 0 Å². The first-order chi connectivity index (χ1) is 16.1. The number of hydrogen-bond acceptors (Lipinski definition) is 5. The van der Waals surface area contributed by atoms with Crippen LogP contribution in [0.25, 0.3) is 16.8 Å². The second-order valence-electron chi connectivity index (χ2n) is 7.77. The zero-order chi connectivity index (χ0) is 22.9. The maximum atomic E-state index is 13.7. The molecular weight excluding hydrogens is 432 g/mol. The molecule has 0 saturated heterocycles. The predicted octanol–water partition coefficient (Wildman–Crippen LogP) is 3.95. The van der Waals surface area contributed by atoms with Crippen LogP contribution < -0.4 is 14.9 Å². The molecule has 0 fully saturated rings. The standard InChI is InChI=1S/C27H22N2O3S/c1-3-21-23(26(31)32-2)24(18-11-5-4-6-12-18)29-25(30)22(33-27(29)28-21)16-19-14-9-13-17-10-7-8-15-20(17)19/h4-16,24H,3H2,1-2H3/b22-16+/t24-/m1/s1. The van der Waals surface area contributed by atoms with Crippen molar-refractivity contribution in [3.63, 3.8) is 0 Å². The van der Waals surface area contributed by atoms with Gasteiger partial charge in [-0.1, -0.05) is 91.1 Å². The van der Waals surface area contributed by atoms with Gasteiger partial charge in [-0.05, 0) is 34.4 Å². The van der Waals surface area contributed by atoms with Gasteiger partial charge in [0.25, 0.3) is 5.56 Å². The fraction of sp³-hybridized carbons (Fsp3) is 0.148. The molecule has 0 radical (unpaired) electrons. The van der Waals surface area contributed by atoms with E-state index in [1.165, 1.54) is 18.4 Å². The van der Waals surface area contributed by atoms with Crippen LogP contribution in [0.3, 0.4) is 0 Å². The Labute approximate surface area is 194 Å². The van der Waals surface area contributed by atoms with Gasteiger partial charge in [0.2, 0.25) is 0 Å². The molecule has 1 aliphatic heterocycles. The number of thiazole rings is 1. The lowest BCUT2D eigenvalue weighted by atomic mass is 9.95. The molecule has 0 saturated carbocycles. The highest BCUT2D eigenvalue weighted by molar-refractivity contribution is 7.07. The number of carbonyl (C=O) groups is 1. The minimum absolute atomic E-state index is 0.169. The fourth-order valence-electron chi connectivity index (χ4n) is 4.33. The van der Waals surface area contributed by atoms with Gasteiger partial charge in [-0.25, -0.2) is 9.79 Å². The van der Waals surface area contributed by atoms with Crippen LogP contribution in [0.15, 0.2) is 93.9 Å². The van der Waals surface area contributed by atoms with Crippen molar-refractivity contribution >= 4 is 34.2 Å². The van der Waals surface area contributed by atoms with E-state index in [4.69, 9.17) is 9.73 Å². The summed E-state index contributed by atoms with van der Waals surface area (Å²) in [7, 11) is 1.36. The van der Waals surface area contributed by atoms with E-state index in [0.717, 1.165) is 21.9 Å². The summed E-state index contributed by atoms with van der Waals surface area (Å²) in [6, 6.07) is 23.1. The Bertz CT molecular complexity index is 1570. The Morgan fingerprint density at radius 1 is 1.06 bits per heavy atom. The Kier molecular flexibility index (Phi) is 5.52. The minimum atomic E-state index is -0.584. The number of methoxy groups -OCH3 is 1. The van der Waals surface area contributed by atoms with Crippen molar-refractivity contribution in [3.05, 3.63) is 115 Å². The molecular formula is C27H22N2O3S. The number of esters is 1. The van der Waals surface area contributed by atoms with Crippen LogP contribution in [-0.4, -0.2) is 17.6 Å². The first-order valence-corrected chi connectivity index (χ1v) is 11.6. The number of fused-ring (bicyclic) bond motifs is 2. The Balaban J connectivity index is 1.79. The minimum Gasteiger partial charge on any atom is -0.466 e. The third-order valence-corrected chi connectivity index (χ3v) is 6.86. The lowest BCUT2D eigenvalue weighted by Crippen LogP contribution is -2.40. The van der Waals surface area contributed by atoms with Crippen molar-refractivity contribution in [3.8, 4) is 0 Å². The third kappa shape index (κ3) is 3.62. The Morgan fingerprint density at radius 2 is 1.79 bits per heavy atom. The van der Waals surface area contributed by atoms with Crippen LogP contribution in [0, 0.1) is 0 Å². The molecule has 3 aromatic carbocycles. The number of allylic oxidation sites excluding steroid dienone is 1. The third-order valence-electron chi connectivity index (χ3n) is 5.88. The van der Waals surface area contributed by atoms with Gasteiger partial charge < -0.3 is 4.74 Å². The van der Waals surface area contributed by atoms with E-state index in [2.05, 4.69) is 18.2 Å². The molecule has 0 unspecified atom stereocenters. The van der Waals surface area contributed by atoms with E-state index in [0.29, 0.717) is 27.0 Å². The number of rotatable bonds is 4. The lowest BCUT2D eigenvalue weighted by molar-refractivity contribution is -0.136. The van der Waals surface area contributed by atoms with E-state index in [-0.39, 0.29) is 5.56 Å². The summed E-state index contributed by atoms with van der Waals surface area (Å²) in [6.07, 6.45) is 2.48. The summed E-state index contributed by atoms with van der Waals surface area (Å²) in [4.78, 5) is 31.8. The lowest BCUT2D eigenvalue weighted by Gasteiger charge is -2.25. The molecule has 0 spiro atoms. The van der Waals surface area contributed by atoms with Gasteiger partial charge in [0.15, 0.2) is 4.80 Å². The maximum Gasteiger partial charge on any atom is 0.338 e. The monoisotopic (exact) mass is 454 g/mol. The largest absolute Gasteiger partial charge is 0.466 e. The number of hydrogen-bond donors (Lipinski definition) is 0. The van der Waals surface area contributed by atoms with Gasteiger partial charge in [0.05, 0.1) is 29.0 Å². The summed E-state index contributed by atoms with van der Waals surface area (Å²) < 4.78 is 7.31. The smallest absolute Gasteiger partial charge is 0.338 e. The van der Waals surface area contributed by atoms with Gasteiger partial charge >= 0.3 is 5.97 Å². The SMILES string of the molecule is CCC1=C(C(=O)OC)[C@@H](c2ccccc2)n2c(s/c(=C/c3cccc4ccccc34)c2=O)=N1. The van der Waals surface area contributed by atoms with Crippen molar-refractivity contribution in [1.29, 1.82) is 0 Å². The molecule has 0 N–H and O–H groups in total. The van der Waals surface area contributed by atoms with Crippen LogP contribution >= 0.6 is 11.3 Å². The van der Waals surface area contributed by atoms with Crippen LogP contribution in [-0.2, 0) is 9.53 Å². The zero-order valence-electron chi connectivity index (χ0n) is 18.3. The van der Waals surface area contributed by atoms with E-state index in [1.807, 2.05) is 67.6 Å². The molecule has 33 heavy (non-hydrogen) atoms. The molecule has 1 aromatic heterocycles. The van der Waals surface area contributed by atoms with Gasteiger partial charge in [-0.15, -0.1) is 0 Å². The van der Waals surface area contributed by atoms with E-state index in [9.17, 15) is 9.59 Å². The normalized spacial score (nSPS) is 15.9. The molecule has 164 valence electrons. The second kappa shape index (κ2) is 8.64. The highest BCUT2D eigenvalue weighted by Crippen LogP contribution is 2.31. The molecule has 0 aliphatic carbocycles. The molecule has 0 amide bonds. The summed E-state index contributed by atoms with van der Waals surface area (Å²) >= 11 is 1.35. The molecule has 1 atom stereocenters. The second-order valence-corrected chi connectivity index (χ2v) is 8.78. The Morgan fingerprint density at radius 3 is 2.55 bits per heavy atom. The van der Waals surface area contributed by atoms with Gasteiger partial charge in [-0.3, -0.25) is 9.36 Å². The van der Waals surface area contributed by atoms with Crippen molar-refractivity contribution in [1.82, 2.24) is 4.57 Å². The first kappa shape index (κ1) is 21.1. The predicted molar refractivity (Wildman–Crippen MR) is 131 cm³/mol. The quantitative estimate of drug-likeness (QED) is 0.439. The first-order valence-electron chi connectivity index (χ1n) is 10.8. The number of aromatic nitrogens is 1. The van der Waals surface area contributed by atoms with Crippen LogP contribution in [0.2, 0.25) is 0 Å². The topological polar surface area (TPSA) is 60.7 Å². The summed E-state index contributed by atoms with van der Waals surface area (Å²) in [6.45, 7) is 1.95. The molecule has 4 aromatic rings. The van der Waals surface area contributed by atoms with E-state index in [1.54, 1.807) is 4.57 Å². The van der Waals surface area contributed by atoms with Crippen molar-refractivity contribution < 1.29 is 9.53 Å². The van der Waals surface area contributed by atoms with E-state index >= 15 is 0 Å². The van der Waals surface area contributed by atoms with Crippen LogP contribution in [0.5, 0.6) is 0 Å². The zero-order valence-corrected chi connectivity index (χ0v) is 19.1. The highest BCUT2D eigenvalue weighted by atomic mass is 32.1. The molecule has 5 rings (SSSR count). The molecule has 6 heteroatoms. The van der Waals surface area contributed by atoms with Crippen LogP contribution in [0.1, 0.15) is 30.5 Å². The fourth-order valence-corrected chi connectivity index (χ4v) is 5.34. The molecule has 2 heterocycles. The number of carbonyl (C=O) groups excluding carboxylic acids is 1. The summed E-state index contributed by atoms with van der Waals surface area (Å²) in [5, 5.41) is 2.19. The number of nitrogens with zero attached hydrogens (tertiary/aromatic N) is 2. The van der Waals surface area contributed by atoms with Crippen LogP contribution in [0.4, 0.5) is 0 Å². The molecule has 5 nitrogen and oxygen atoms in total. The number of ether oxygens (including phenoxy) is 1. The number of benzene rings is 3. The van der Waals surface area contributed by atoms with Gasteiger partial charge in [0.1, 0.15) is 0 Å². The summed E-state index contributed by atoms with van der Waals surface area (Å²) in [5.74, 6) is -0.465.